The van der Waals surface area contributed by atoms with Crippen LogP contribution in [-0.2, 0) is 4.79 Å². The minimum absolute atomic E-state index is 0. The zero-order chi connectivity index (χ0) is 12.4. The summed E-state index contributed by atoms with van der Waals surface area (Å²) in [7, 11) is 0. The number of nitrogens with one attached hydrogen (secondary N) is 2. The Hall–Kier alpha value is -0.280. The van der Waals surface area contributed by atoms with Crippen molar-refractivity contribution >= 4 is 18.3 Å². The van der Waals surface area contributed by atoms with Gasteiger partial charge in [-0.15, -0.1) is 12.4 Å². The third-order valence-corrected chi connectivity index (χ3v) is 4.63. The second-order valence-electron chi connectivity index (χ2n) is 6.54. The number of hydrogen-bond donors (Lipinski definition) is 2. The van der Waals surface area contributed by atoms with Crippen molar-refractivity contribution in [1.82, 2.24) is 10.6 Å². The van der Waals surface area contributed by atoms with Gasteiger partial charge in [-0.1, -0.05) is 19.8 Å². The fraction of sp³-hybridized carbons (Fsp3) is 0.929. The molecule has 0 aromatic carbocycles. The molecule has 1 saturated carbocycles. The Kier molecular flexibility index (Phi) is 5.47. The molecule has 18 heavy (non-hydrogen) atoms. The van der Waals surface area contributed by atoms with E-state index >= 15 is 0 Å². The Morgan fingerprint density at radius 1 is 1.17 bits per heavy atom. The maximum absolute atomic E-state index is 12.3. The number of rotatable bonds is 3. The first-order valence-electron chi connectivity index (χ1n) is 7.03. The van der Waals surface area contributed by atoms with Gasteiger partial charge in [0, 0.05) is 13.1 Å². The van der Waals surface area contributed by atoms with Gasteiger partial charge < -0.3 is 10.6 Å². The fourth-order valence-electron chi connectivity index (χ4n) is 3.16. The lowest BCUT2D eigenvalue weighted by atomic mass is 9.81. The quantitative estimate of drug-likeness (QED) is 0.830. The van der Waals surface area contributed by atoms with Gasteiger partial charge >= 0.3 is 0 Å². The highest BCUT2D eigenvalue weighted by molar-refractivity contribution is 5.85. The maximum atomic E-state index is 12.3. The summed E-state index contributed by atoms with van der Waals surface area (Å²) < 4.78 is 0. The summed E-state index contributed by atoms with van der Waals surface area (Å²) in [6.07, 6.45) is 7.31. The van der Waals surface area contributed by atoms with Crippen LogP contribution in [0.2, 0.25) is 0 Å². The van der Waals surface area contributed by atoms with E-state index in [0.29, 0.717) is 5.41 Å². The molecule has 2 aliphatic rings. The third-order valence-electron chi connectivity index (χ3n) is 4.63. The van der Waals surface area contributed by atoms with Gasteiger partial charge in [0.05, 0.1) is 5.41 Å². The summed E-state index contributed by atoms with van der Waals surface area (Å²) in [6.45, 7) is 7.14. The molecular formula is C14H27ClN2O. The lowest BCUT2D eigenvalue weighted by Gasteiger charge is -2.34. The van der Waals surface area contributed by atoms with Crippen LogP contribution in [0.4, 0.5) is 0 Å². The van der Waals surface area contributed by atoms with Crippen molar-refractivity contribution in [1.29, 1.82) is 0 Å². The zero-order valence-corrected chi connectivity index (χ0v) is 12.5. The molecule has 2 fully saturated rings. The van der Waals surface area contributed by atoms with Crippen LogP contribution in [0, 0.1) is 10.8 Å². The molecule has 1 atom stereocenters. The molecule has 1 amide bonds. The fourth-order valence-corrected chi connectivity index (χ4v) is 3.16. The SMILES string of the molecule is CC1(CNC(=O)C2(C)CCCNC2)CCCC1.Cl. The lowest BCUT2D eigenvalue weighted by molar-refractivity contribution is -0.131. The summed E-state index contributed by atoms with van der Waals surface area (Å²) in [4.78, 5) is 12.3. The van der Waals surface area contributed by atoms with Gasteiger partial charge in [-0.05, 0) is 44.6 Å². The highest BCUT2D eigenvalue weighted by Crippen LogP contribution is 2.37. The van der Waals surface area contributed by atoms with Crippen LogP contribution < -0.4 is 10.6 Å². The normalized spacial score (nSPS) is 30.6. The molecule has 1 aliphatic carbocycles. The minimum Gasteiger partial charge on any atom is -0.355 e. The largest absolute Gasteiger partial charge is 0.355 e. The van der Waals surface area contributed by atoms with Crippen molar-refractivity contribution in [2.24, 2.45) is 10.8 Å². The molecule has 4 heteroatoms. The van der Waals surface area contributed by atoms with Crippen LogP contribution in [0.5, 0.6) is 0 Å². The molecular weight excluding hydrogens is 248 g/mol. The predicted molar refractivity (Wildman–Crippen MR) is 77.0 cm³/mol. The van der Waals surface area contributed by atoms with E-state index in [1.165, 1.54) is 25.7 Å². The molecule has 0 aromatic rings. The first-order chi connectivity index (χ1) is 8.04. The number of piperidine rings is 1. The van der Waals surface area contributed by atoms with Gasteiger partial charge in [0.1, 0.15) is 0 Å². The topological polar surface area (TPSA) is 41.1 Å². The molecule has 1 heterocycles. The van der Waals surface area contributed by atoms with E-state index in [1.54, 1.807) is 0 Å². The number of carbonyl (C=O) groups is 1. The van der Waals surface area contributed by atoms with Gasteiger partial charge in [0.15, 0.2) is 0 Å². The first-order valence-corrected chi connectivity index (χ1v) is 7.03. The number of carbonyl (C=O) groups excluding carboxylic acids is 1. The van der Waals surface area contributed by atoms with E-state index in [4.69, 9.17) is 0 Å². The van der Waals surface area contributed by atoms with E-state index in [9.17, 15) is 4.79 Å². The molecule has 2 N–H and O–H groups in total. The van der Waals surface area contributed by atoms with Crippen molar-refractivity contribution in [3.8, 4) is 0 Å². The summed E-state index contributed by atoms with van der Waals surface area (Å²) in [5.41, 5.74) is 0.168. The molecule has 0 aromatic heterocycles. The second-order valence-corrected chi connectivity index (χ2v) is 6.54. The molecule has 106 valence electrons. The molecule has 0 bridgehead atoms. The highest BCUT2D eigenvalue weighted by Gasteiger charge is 2.36. The number of hydrogen-bond acceptors (Lipinski definition) is 2. The van der Waals surface area contributed by atoms with Crippen LogP contribution in [0.25, 0.3) is 0 Å². The summed E-state index contributed by atoms with van der Waals surface area (Å²) in [5.74, 6) is 0.248. The van der Waals surface area contributed by atoms with Gasteiger partial charge in [0.2, 0.25) is 5.91 Å². The smallest absolute Gasteiger partial charge is 0.227 e. The number of halogens is 1. The van der Waals surface area contributed by atoms with Crippen molar-refractivity contribution in [2.75, 3.05) is 19.6 Å². The summed E-state index contributed by atoms with van der Waals surface area (Å²) in [5, 5.41) is 6.53. The van der Waals surface area contributed by atoms with Crippen LogP contribution in [0.3, 0.4) is 0 Å². The van der Waals surface area contributed by atoms with Crippen LogP contribution in [-0.4, -0.2) is 25.5 Å². The second kappa shape index (κ2) is 6.25. The van der Waals surface area contributed by atoms with E-state index in [1.807, 2.05) is 0 Å². The maximum Gasteiger partial charge on any atom is 0.227 e. The first kappa shape index (κ1) is 15.8. The Morgan fingerprint density at radius 2 is 1.83 bits per heavy atom. The Balaban J connectivity index is 0.00000162. The van der Waals surface area contributed by atoms with E-state index in [-0.39, 0.29) is 23.7 Å². The average molecular weight is 275 g/mol. The molecule has 0 spiro atoms. The van der Waals surface area contributed by atoms with Crippen molar-refractivity contribution in [3.63, 3.8) is 0 Å². The lowest BCUT2D eigenvalue weighted by Crippen LogP contribution is -2.50. The summed E-state index contributed by atoms with van der Waals surface area (Å²) in [6, 6.07) is 0. The van der Waals surface area contributed by atoms with E-state index in [2.05, 4.69) is 24.5 Å². The molecule has 1 unspecified atom stereocenters. The monoisotopic (exact) mass is 274 g/mol. The van der Waals surface area contributed by atoms with Gasteiger partial charge in [0.25, 0.3) is 0 Å². The van der Waals surface area contributed by atoms with Crippen molar-refractivity contribution in [3.05, 3.63) is 0 Å². The van der Waals surface area contributed by atoms with Gasteiger partial charge in [-0.25, -0.2) is 0 Å². The molecule has 1 saturated heterocycles. The molecule has 2 rings (SSSR count). The Labute approximate surface area is 117 Å². The van der Waals surface area contributed by atoms with Crippen LogP contribution in [0.1, 0.15) is 52.4 Å². The van der Waals surface area contributed by atoms with Gasteiger partial charge in [-0.3, -0.25) is 4.79 Å². The van der Waals surface area contributed by atoms with Gasteiger partial charge in [-0.2, -0.15) is 0 Å². The third kappa shape index (κ3) is 3.61. The Bertz CT molecular complexity index is 282. The number of amides is 1. The van der Waals surface area contributed by atoms with Crippen molar-refractivity contribution < 1.29 is 4.79 Å². The van der Waals surface area contributed by atoms with Crippen LogP contribution in [0.15, 0.2) is 0 Å². The molecule has 3 nitrogen and oxygen atoms in total. The standard InChI is InChI=1S/C14H26N2O.ClH/c1-13(6-3-4-7-13)10-16-12(17)14(2)8-5-9-15-11-14;/h15H,3-11H2,1-2H3,(H,16,17);1H. The highest BCUT2D eigenvalue weighted by atomic mass is 35.5. The molecule has 1 aliphatic heterocycles. The van der Waals surface area contributed by atoms with E-state index in [0.717, 1.165) is 32.5 Å². The zero-order valence-electron chi connectivity index (χ0n) is 11.7. The minimum atomic E-state index is -0.187. The average Bonchev–Trinajstić information content (AvgIpc) is 2.75. The molecule has 0 radical (unpaired) electrons. The van der Waals surface area contributed by atoms with E-state index < -0.39 is 0 Å². The predicted octanol–water partition coefficient (Wildman–Crippen LogP) is 2.49. The van der Waals surface area contributed by atoms with Crippen molar-refractivity contribution in [2.45, 2.75) is 52.4 Å². The van der Waals surface area contributed by atoms with Crippen LogP contribution >= 0.6 is 12.4 Å². The Morgan fingerprint density at radius 3 is 2.39 bits per heavy atom. The summed E-state index contributed by atoms with van der Waals surface area (Å²) >= 11 is 0.